The van der Waals surface area contributed by atoms with Crippen molar-refractivity contribution in [2.45, 2.75) is 45.3 Å². The van der Waals surface area contributed by atoms with Crippen LogP contribution in [0.15, 0.2) is 53.7 Å². The number of piperidine rings is 1. The Balaban J connectivity index is 0.00000363. The highest BCUT2D eigenvalue weighted by atomic mass is 127. The summed E-state index contributed by atoms with van der Waals surface area (Å²) in [5, 5.41) is 6.93. The van der Waals surface area contributed by atoms with Gasteiger partial charge in [-0.05, 0) is 44.4 Å². The Morgan fingerprint density at radius 1 is 1.09 bits per heavy atom. The van der Waals surface area contributed by atoms with Crippen LogP contribution in [0.4, 0.5) is 0 Å². The monoisotopic (exact) mass is 553 g/mol. The predicted octanol–water partition coefficient (Wildman–Crippen LogP) is 3.70. The first kappa shape index (κ1) is 26.2. The molecule has 2 aromatic rings. The minimum absolute atomic E-state index is 0. The van der Waals surface area contributed by atoms with E-state index in [0.717, 1.165) is 43.2 Å². The number of halogens is 1. The van der Waals surface area contributed by atoms with Crippen LogP contribution in [0, 0.1) is 0 Å². The summed E-state index contributed by atoms with van der Waals surface area (Å²) in [6, 6.07) is 14.7. The summed E-state index contributed by atoms with van der Waals surface area (Å²) in [5.74, 6) is 2.27. The van der Waals surface area contributed by atoms with E-state index in [0.29, 0.717) is 37.7 Å². The number of pyridine rings is 1. The van der Waals surface area contributed by atoms with Crippen molar-refractivity contribution in [2.75, 3.05) is 33.4 Å². The Morgan fingerprint density at radius 2 is 1.81 bits per heavy atom. The number of likely N-dealkylation sites (tertiary alicyclic amines) is 1. The summed E-state index contributed by atoms with van der Waals surface area (Å²) in [5.41, 5.74) is 1.07. The van der Waals surface area contributed by atoms with E-state index in [1.165, 1.54) is 0 Å². The number of nitrogens with zero attached hydrogens (tertiary/aromatic N) is 3. The van der Waals surface area contributed by atoms with Crippen LogP contribution < -0.4 is 20.1 Å². The van der Waals surface area contributed by atoms with Gasteiger partial charge in [-0.2, -0.15) is 0 Å². The maximum Gasteiger partial charge on any atom is 0.213 e. The van der Waals surface area contributed by atoms with Crippen LogP contribution in [-0.4, -0.2) is 61.3 Å². The molecule has 0 saturated carbocycles. The fourth-order valence-corrected chi connectivity index (χ4v) is 3.56. The summed E-state index contributed by atoms with van der Waals surface area (Å²) in [6.45, 7) is 8.38. The lowest BCUT2D eigenvalue weighted by molar-refractivity contribution is 0.167. The molecule has 0 radical (unpaired) electrons. The average molecular weight is 553 g/mol. The van der Waals surface area contributed by atoms with Crippen LogP contribution >= 0.6 is 24.0 Å². The van der Waals surface area contributed by atoms with Crippen LogP contribution in [0.25, 0.3) is 0 Å². The molecule has 32 heavy (non-hydrogen) atoms. The molecule has 7 nitrogen and oxygen atoms in total. The molecule has 2 N–H and O–H groups in total. The number of ether oxygens (including phenoxy) is 2. The molecule has 0 spiro atoms. The van der Waals surface area contributed by atoms with Crippen molar-refractivity contribution in [1.82, 2.24) is 20.5 Å². The van der Waals surface area contributed by atoms with Crippen LogP contribution in [0.1, 0.15) is 32.3 Å². The third-order valence-electron chi connectivity index (χ3n) is 5.43. The average Bonchev–Trinajstić information content (AvgIpc) is 2.81. The van der Waals surface area contributed by atoms with Gasteiger partial charge in [0.2, 0.25) is 5.88 Å². The Kier molecular flexibility index (Phi) is 11.6. The van der Waals surface area contributed by atoms with Gasteiger partial charge in [0, 0.05) is 51.0 Å². The number of hydrogen-bond donors (Lipinski definition) is 2. The summed E-state index contributed by atoms with van der Waals surface area (Å²) in [4.78, 5) is 11.3. The quantitative estimate of drug-likeness (QED) is 0.214. The fourth-order valence-electron chi connectivity index (χ4n) is 3.56. The zero-order valence-corrected chi connectivity index (χ0v) is 21.6. The van der Waals surface area contributed by atoms with Crippen molar-refractivity contribution in [3.05, 3.63) is 54.2 Å². The summed E-state index contributed by atoms with van der Waals surface area (Å²) >= 11 is 0. The zero-order chi connectivity index (χ0) is 21.9. The first-order valence-electron chi connectivity index (χ1n) is 11.1. The summed E-state index contributed by atoms with van der Waals surface area (Å²) in [6.07, 6.45) is 4.11. The van der Waals surface area contributed by atoms with Crippen molar-refractivity contribution in [3.63, 3.8) is 0 Å². The Bertz CT molecular complexity index is 794. The Hall–Kier alpha value is -2.07. The third-order valence-corrected chi connectivity index (χ3v) is 5.43. The molecule has 1 aliphatic rings. The van der Waals surface area contributed by atoms with Gasteiger partial charge in [-0.15, -0.1) is 24.0 Å². The van der Waals surface area contributed by atoms with Crippen LogP contribution in [0.3, 0.4) is 0 Å². The van der Waals surface area contributed by atoms with Gasteiger partial charge in [0.1, 0.15) is 19.0 Å². The maximum atomic E-state index is 5.66. The first-order valence-corrected chi connectivity index (χ1v) is 11.1. The van der Waals surface area contributed by atoms with Gasteiger partial charge in [0.25, 0.3) is 0 Å². The topological polar surface area (TPSA) is 71.0 Å². The number of hydrogen-bond acceptors (Lipinski definition) is 5. The number of rotatable bonds is 9. The van der Waals surface area contributed by atoms with Gasteiger partial charge < -0.3 is 25.0 Å². The summed E-state index contributed by atoms with van der Waals surface area (Å²) < 4.78 is 11.3. The fraction of sp³-hybridized carbons (Fsp3) is 0.500. The molecule has 1 aromatic heterocycles. The van der Waals surface area contributed by atoms with Gasteiger partial charge in [0.15, 0.2) is 5.96 Å². The number of benzene rings is 1. The van der Waals surface area contributed by atoms with E-state index < -0.39 is 0 Å². The normalized spacial score (nSPS) is 15.2. The molecule has 0 aliphatic carbocycles. The molecule has 1 fully saturated rings. The molecule has 1 aliphatic heterocycles. The van der Waals surface area contributed by atoms with E-state index in [1.54, 1.807) is 0 Å². The molecule has 0 bridgehead atoms. The van der Waals surface area contributed by atoms with Crippen molar-refractivity contribution in [1.29, 1.82) is 0 Å². The lowest BCUT2D eigenvalue weighted by Crippen LogP contribution is -2.49. The van der Waals surface area contributed by atoms with E-state index in [4.69, 9.17) is 9.47 Å². The Morgan fingerprint density at radius 3 is 2.44 bits per heavy atom. The number of aliphatic imine (C=N–C) groups is 1. The molecule has 1 aromatic carbocycles. The molecular formula is C24H36IN5O2. The van der Waals surface area contributed by atoms with Crippen LogP contribution in [0.5, 0.6) is 11.6 Å². The van der Waals surface area contributed by atoms with E-state index >= 15 is 0 Å². The molecule has 1 saturated heterocycles. The highest BCUT2D eigenvalue weighted by molar-refractivity contribution is 14.0. The van der Waals surface area contributed by atoms with Gasteiger partial charge in [0.05, 0.1) is 0 Å². The SMILES string of the molecule is CN=C(NCc1ccc(OCCOc2ccccc2)nc1)NC1CCN(C(C)C)CC1.I. The van der Waals surface area contributed by atoms with Gasteiger partial charge in [-0.1, -0.05) is 24.3 Å². The third kappa shape index (κ3) is 8.82. The van der Waals surface area contributed by atoms with Crippen molar-refractivity contribution >= 4 is 29.9 Å². The number of guanidine groups is 1. The van der Waals surface area contributed by atoms with Crippen molar-refractivity contribution < 1.29 is 9.47 Å². The van der Waals surface area contributed by atoms with Crippen LogP contribution in [-0.2, 0) is 6.54 Å². The smallest absolute Gasteiger partial charge is 0.213 e. The second kappa shape index (κ2) is 14.2. The lowest BCUT2D eigenvalue weighted by atomic mass is 10.0. The largest absolute Gasteiger partial charge is 0.490 e. The van der Waals surface area contributed by atoms with E-state index in [9.17, 15) is 0 Å². The number of nitrogens with one attached hydrogen (secondary N) is 2. The van der Waals surface area contributed by atoms with Gasteiger partial charge >= 0.3 is 0 Å². The molecule has 0 amide bonds. The lowest BCUT2D eigenvalue weighted by Gasteiger charge is -2.35. The van der Waals surface area contributed by atoms with E-state index in [2.05, 4.69) is 39.4 Å². The summed E-state index contributed by atoms with van der Waals surface area (Å²) in [7, 11) is 1.81. The molecule has 0 unspecified atom stereocenters. The molecular weight excluding hydrogens is 517 g/mol. The molecule has 0 atom stereocenters. The highest BCUT2D eigenvalue weighted by Gasteiger charge is 2.21. The molecule has 8 heteroatoms. The van der Waals surface area contributed by atoms with Crippen molar-refractivity contribution in [2.24, 2.45) is 4.99 Å². The predicted molar refractivity (Wildman–Crippen MR) is 140 cm³/mol. The first-order chi connectivity index (χ1) is 15.1. The molecule has 2 heterocycles. The number of para-hydroxylation sites is 1. The second-order valence-corrected chi connectivity index (χ2v) is 7.99. The Labute approximate surface area is 209 Å². The van der Waals surface area contributed by atoms with Gasteiger partial charge in [-0.25, -0.2) is 4.98 Å². The minimum atomic E-state index is 0. The highest BCUT2D eigenvalue weighted by Crippen LogP contribution is 2.13. The van der Waals surface area contributed by atoms with Gasteiger partial charge in [-0.3, -0.25) is 4.99 Å². The number of aromatic nitrogens is 1. The molecule has 3 rings (SSSR count). The second-order valence-electron chi connectivity index (χ2n) is 7.99. The van der Waals surface area contributed by atoms with E-state index in [-0.39, 0.29) is 24.0 Å². The molecule has 176 valence electrons. The van der Waals surface area contributed by atoms with E-state index in [1.807, 2.05) is 55.7 Å². The zero-order valence-electron chi connectivity index (χ0n) is 19.3. The standard InChI is InChI=1S/C24H35N5O2.HI/c1-19(2)29-13-11-21(12-14-29)28-24(25-3)27-18-20-9-10-23(26-17-20)31-16-15-30-22-7-5-4-6-8-22;/h4-10,17,19,21H,11-16,18H2,1-3H3,(H2,25,27,28);1H. The minimum Gasteiger partial charge on any atom is -0.490 e. The van der Waals surface area contributed by atoms with Crippen molar-refractivity contribution in [3.8, 4) is 11.6 Å². The van der Waals surface area contributed by atoms with Crippen LogP contribution in [0.2, 0.25) is 0 Å². The maximum absolute atomic E-state index is 5.66.